The molecule has 1 saturated carbocycles. The molecule has 2 aliphatic rings. The lowest BCUT2D eigenvalue weighted by Crippen LogP contribution is -2.65. The van der Waals surface area contributed by atoms with Crippen molar-refractivity contribution >= 4 is 5.91 Å². The second-order valence-corrected chi connectivity index (χ2v) is 7.84. The van der Waals surface area contributed by atoms with Gasteiger partial charge in [-0.05, 0) is 25.2 Å². The van der Waals surface area contributed by atoms with Crippen molar-refractivity contribution in [2.24, 2.45) is 17.3 Å². The predicted molar refractivity (Wildman–Crippen MR) is 84.8 cm³/mol. The van der Waals surface area contributed by atoms with E-state index in [0.29, 0.717) is 11.8 Å². The summed E-state index contributed by atoms with van der Waals surface area (Å²) in [5.41, 5.74) is 0.0341. The van der Waals surface area contributed by atoms with Crippen molar-refractivity contribution in [1.29, 1.82) is 0 Å². The molecule has 1 saturated heterocycles. The van der Waals surface area contributed by atoms with E-state index in [2.05, 4.69) is 51.8 Å². The van der Waals surface area contributed by atoms with E-state index < -0.39 is 0 Å². The molecule has 2 rings (SSSR count). The average Bonchev–Trinajstić information content (AvgIpc) is 2.72. The number of amides is 1. The molecule has 1 aliphatic carbocycles. The summed E-state index contributed by atoms with van der Waals surface area (Å²) in [6.45, 7) is 15.9. The van der Waals surface area contributed by atoms with E-state index in [-0.39, 0.29) is 35.7 Å². The standard InChI is InChI=1S/C17H32N2O2/c1-8-21-13-9-12(17(13,6)7)19-15(11(4)5)18-14(10(2)3)16(19)20/h10-15,18H,8-9H2,1-7H3. The van der Waals surface area contributed by atoms with Gasteiger partial charge >= 0.3 is 0 Å². The highest BCUT2D eigenvalue weighted by Crippen LogP contribution is 2.48. The van der Waals surface area contributed by atoms with Crippen LogP contribution in [0.15, 0.2) is 0 Å². The van der Waals surface area contributed by atoms with Gasteiger partial charge in [0, 0.05) is 18.1 Å². The fourth-order valence-electron chi connectivity index (χ4n) is 3.79. The zero-order chi connectivity index (χ0) is 15.9. The molecule has 122 valence electrons. The van der Waals surface area contributed by atoms with Gasteiger partial charge < -0.3 is 9.64 Å². The first kappa shape index (κ1) is 16.8. The molecule has 4 nitrogen and oxygen atoms in total. The highest BCUT2D eigenvalue weighted by molar-refractivity contribution is 5.85. The Hall–Kier alpha value is -0.610. The summed E-state index contributed by atoms with van der Waals surface area (Å²) < 4.78 is 5.83. The number of rotatable bonds is 5. The molecule has 1 amide bonds. The van der Waals surface area contributed by atoms with E-state index in [9.17, 15) is 4.79 Å². The summed E-state index contributed by atoms with van der Waals surface area (Å²) in [7, 11) is 0. The van der Waals surface area contributed by atoms with Crippen LogP contribution in [0.1, 0.15) is 54.9 Å². The Morgan fingerprint density at radius 3 is 2.33 bits per heavy atom. The number of nitrogens with zero attached hydrogens (tertiary/aromatic N) is 1. The van der Waals surface area contributed by atoms with Crippen molar-refractivity contribution in [3.63, 3.8) is 0 Å². The molecule has 21 heavy (non-hydrogen) atoms. The highest BCUT2D eigenvalue weighted by Gasteiger charge is 2.57. The maximum absolute atomic E-state index is 12.9. The lowest BCUT2D eigenvalue weighted by Gasteiger charge is -2.56. The third-order valence-corrected chi connectivity index (χ3v) is 5.30. The van der Waals surface area contributed by atoms with Gasteiger partial charge in [-0.15, -0.1) is 0 Å². The molecule has 0 aromatic carbocycles. The van der Waals surface area contributed by atoms with Crippen LogP contribution in [0, 0.1) is 17.3 Å². The first-order valence-corrected chi connectivity index (χ1v) is 8.41. The van der Waals surface area contributed by atoms with Crippen molar-refractivity contribution in [2.45, 2.75) is 79.2 Å². The van der Waals surface area contributed by atoms with Crippen LogP contribution in [-0.4, -0.2) is 41.8 Å². The van der Waals surface area contributed by atoms with Crippen LogP contribution >= 0.6 is 0 Å². The Morgan fingerprint density at radius 2 is 1.90 bits per heavy atom. The van der Waals surface area contributed by atoms with Gasteiger partial charge in [0.05, 0.1) is 18.3 Å². The summed E-state index contributed by atoms with van der Waals surface area (Å²) in [4.78, 5) is 15.0. The Bertz CT molecular complexity index is 392. The van der Waals surface area contributed by atoms with Crippen LogP contribution in [0.25, 0.3) is 0 Å². The molecule has 1 heterocycles. The molecule has 0 spiro atoms. The highest BCUT2D eigenvalue weighted by atomic mass is 16.5. The van der Waals surface area contributed by atoms with E-state index in [4.69, 9.17) is 4.74 Å². The quantitative estimate of drug-likeness (QED) is 0.848. The first-order chi connectivity index (χ1) is 9.71. The number of nitrogens with one attached hydrogen (secondary N) is 1. The number of hydrogen-bond acceptors (Lipinski definition) is 3. The van der Waals surface area contributed by atoms with Gasteiger partial charge in [0.15, 0.2) is 0 Å². The van der Waals surface area contributed by atoms with E-state index in [1.165, 1.54) is 0 Å². The monoisotopic (exact) mass is 296 g/mol. The maximum Gasteiger partial charge on any atom is 0.241 e. The van der Waals surface area contributed by atoms with Gasteiger partial charge in [-0.2, -0.15) is 0 Å². The number of hydrogen-bond donors (Lipinski definition) is 1. The van der Waals surface area contributed by atoms with E-state index >= 15 is 0 Å². The lowest BCUT2D eigenvalue weighted by molar-refractivity contribution is -0.170. The third-order valence-electron chi connectivity index (χ3n) is 5.30. The van der Waals surface area contributed by atoms with Crippen molar-refractivity contribution in [2.75, 3.05) is 6.61 Å². The molecule has 4 atom stereocenters. The largest absolute Gasteiger partial charge is 0.378 e. The summed E-state index contributed by atoms with van der Waals surface area (Å²) in [6.07, 6.45) is 1.38. The van der Waals surface area contributed by atoms with Gasteiger partial charge in [0.25, 0.3) is 0 Å². The van der Waals surface area contributed by atoms with Crippen molar-refractivity contribution in [1.82, 2.24) is 10.2 Å². The number of carbonyl (C=O) groups excluding carboxylic acids is 1. The number of ether oxygens (including phenoxy) is 1. The molecular weight excluding hydrogens is 264 g/mol. The normalized spacial score (nSPS) is 35.7. The van der Waals surface area contributed by atoms with Crippen LogP contribution in [0.5, 0.6) is 0 Å². The van der Waals surface area contributed by atoms with Gasteiger partial charge in [0.1, 0.15) is 0 Å². The summed E-state index contributed by atoms with van der Waals surface area (Å²) >= 11 is 0. The van der Waals surface area contributed by atoms with E-state index in [1.807, 2.05) is 6.92 Å². The molecule has 4 unspecified atom stereocenters. The third kappa shape index (κ3) is 2.72. The second-order valence-electron chi connectivity index (χ2n) is 7.84. The molecule has 2 fully saturated rings. The van der Waals surface area contributed by atoms with Crippen LogP contribution in [0.4, 0.5) is 0 Å². The maximum atomic E-state index is 12.9. The molecule has 0 bridgehead atoms. The topological polar surface area (TPSA) is 41.6 Å². The zero-order valence-corrected chi connectivity index (χ0v) is 14.6. The summed E-state index contributed by atoms with van der Waals surface area (Å²) in [5.74, 6) is 1.02. The van der Waals surface area contributed by atoms with Gasteiger partial charge in [0.2, 0.25) is 5.91 Å². The molecule has 0 radical (unpaired) electrons. The molecule has 0 aromatic heterocycles. The minimum absolute atomic E-state index is 0.0341. The summed E-state index contributed by atoms with van der Waals surface area (Å²) in [5, 5.41) is 3.56. The van der Waals surface area contributed by atoms with Crippen molar-refractivity contribution < 1.29 is 9.53 Å². The van der Waals surface area contributed by atoms with Gasteiger partial charge in [-0.25, -0.2) is 0 Å². The fourth-order valence-corrected chi connectivity index (χ4v) is 3.79. The predicted octanol–water partition coefficient (Wildman–Crippen LogP) is 2.63. The SMILES string of the molecule is CCOC1CC(N2C(=O)C(C(C)C)NC2C(C)C)C1(C)C. The average molecular weight is 296 g/mol. The Morgan fingerprint density at radius 1 is 1.29 bits per heavy atom. The van der Waals surface area contributed by atoms with Gasteiger partial charge in [-0.3, -0.25) is 10.1 Å². The molecule has 0 aromatic rings. The van der Waals surface area contributed by atoms with E-state index in [1.54, 1.807) is 0 Å². The lowest BCUT2D eigenvalue weighted by atomic mass is 9.63. The van der Waals surface area contributed by atoms with Gasteiger partial charge in [-0.1, -0.05) is 41.5 Å². The molecular formula is C17H32N2O2. The fraction of sp³-hybridized carbons (Fsp3) is 0.941. The molecule has 4 heteroatoms. The van der Waals surface area contributed by atoms with Crippen molar-refractivity contribution in [3.05, 3.63) is 0 Å². The first-order valence-electron chi connectivity index (χ1n) is 8.41. The Kier molecular flexibility index (Phi) is 4.69. The minimum Gasteiger partial charge on any atom is -0.378 e. The Balaban J connectivity index is 2.19. The van der Waals surface area contributed by atoms with Crippen molar-refractivity contribution in [3.8, 4) is 0 Å². The Labute approximate surface area is 129 Å². The van der Waals surface area contributed by atoms with Crippen LogP contribution in [0.2, 0.25) is 0 Å². The van der Waals surface area contributed by atoms with Crippen LogP contribution in [-0.2, 0) is 9.53 Å². The molecule has 1 aliphatic heterocycles. The smallest absolute Gasteiger partial charge is 0.241 e. The van der Waals surface area contributed by atoms with Crippen LogP contribution < -0.4 is 5.32 Å². The molecule has 1 N–H and O–H groups in total. The van der Waals surface area contributed by atoms with Crippen LogP contribution in [0.3, 0.4) is 0 Å². The number of carbonyl (C=O) groups is 1. The minimum atomic E-state index is -0.0423. The zero-order valence-electron chi connectivity index (χ0n) is 14.6. The van der Waals surface area contributed by atoms with E-state index in [0.717, 1.165) is 13.0 Å². The summed E-state index contributed by atoms with van der Waals surface area (Å²) in [6, 6.07) is 0.240. The second kappa shape index (κ2) is 5.88.